The molecule has 0 bridgehead atoms. The van der Waals surface area contributed by atoms with E-state index in [2.05, 4.69) is 10.6 Å². The van der Waals surface area contributed by atoms with E-state index >= 15 is 0 Å². The molecule has 6 nitrogen and oxygen atoms in total. The molecule has 0 unspecified atom stereocenters. The van der Waals surface area contributed by atoms with E-state index in [0.717, 1.165) is 20.9 Å². The van der Waals surface area contributed by atoms with Gasteiger partial charge in [0.2, 0.25) is 5.91 Å². The minimum absolute atomic E-state index is 0.153. The lowest BCUT2D eigenvalue weighted by atomic mass is 10.2. The molecule has 0 spiro atoms. The second-order valence-corrected chi connectivity index (χ2v) is 6.95. The van der Waals surface area contributed by atoms with E-state index in [-0.39, 0.29) is 12.2 Å². The number of carbonyl (C=O) groups excluding carboxylic acids is 3. The summed E-state index contributed by atoms with van der Waals surface area (Å²) in [6, 6.07) is 14.3. The van der Waals surface area contributed by atoms with Crippen LogP contribution in [0.4, 0.5) is 10.5 Å². The monoisotopic (exact) mass is 381 g/mol. The first-order valence-corrected chi connectivity index (χ1v) is 9.54. The molecule has 0 atom stereocenters. The summed E-state index contributed by atoms with van der Waals surface area (Å²) in [5, 5.41) is 5.20. The first kappa shape index (κ1) is 18.7. The molecular formula is C20H19N3O3S. The second-order valence-electron chi connectivity index (χ2n) is 6.07. The first-order chi connectivity index (χ1) is 13.0. The number of imide groups is 1. The van der Waals surface area contributed by atoms with Crippen LogP contribution in [0.2, 0.25) is 0 Å². The number of rotatable bonds is 5. The standard InChI is InChI=1S/C20H19N3O3S/c1-13-3-7-15(8-4-13)21-18(24)12-23-19(25)17(22-20(23)26)11-14-5-9-16(27-2)10-6-14/h3-11H,12H2,1-2H3,(H,21,24)(H,22,26)/b17-11+. The van der Waals surface area contributed by atoms with E-state index in [1.54, 1.807) is 30.0 Å². The van der Waals surface area contributed by atoms with Gasteiger partial charge in [0, 0.05) is 10.6 Å². The Morgan fingerprint density at radius 3 is 2.41 bits per heavy atom. The molecule has 0 radical (unpaired) electrons. The van der Waals surface area contributed by atoms with Crippen LogP contribution in [-0.4, -0.2) is 35.5 Å². The number of hydrogen-bond donors (Lipinski definition) is 2. The molecule has 27 heavy (non-hydrogen) atoms. The SMILES string of the molecule is CSc1ccc(/C=C2/NC(=O)N(CC(=O)Nc3ccc(C)cc3)C2=O)cc1. The van der Waals surface area contributed by atoms with Crippen molar-refractivity contribution in [3.05, 3.63) is 65.4 Å². The van der Waals surface area contributed by atoms with Crippen molar-refractivity contribution < 1.29 is 14.4 Å². The van der Waals surface area contributed by atoms with Crippen molar-refractivity contribution in [2.75, 3.05) is 18.1 Å². The third kappa shape index (κ3) is 4.57. The molecule has 0 saturated carbocycles. The molecule has 7 heteroatoms. The Balaban J connectivity index is 1.67. The van der Waals surface area contributed by atoms with Crippen molar-refractivity contribution in [2.45, 2.75) is 11.8 Å². The number of hydrogen-bond acceptors (Lipinski definition) is 4. The number of amides is 4. The molecule has 1 saturated heterocycles. The van der Waals surface area contributed by atoms with Crippen molar-refractivity contribution in [3.63, 3.8) is 0 Å². The molecule has 3 rings (SSSR count). The number of nitrogens with one attached hydrogen (secondary N) is 2. The van der Waals surface area contributed by atoms with Crippen LogP contribution in [0, 0.1) is 6.92 Å². The number of benzene rings is 2. The Bertz CT molecular complexity index is 905. The maximum atomic E-state index is 12.5. The van der Waals surface area contributed by atoms with E-state index in [1.165, 1.54) is 0 Å². The summed E-state index contributed by atoms with van der Waals surface area (Å²) in [6.45, 7) is 1.60. The summed E-state index contributed by atoms with van der Waals surface area (Å²) >= 11 is 1.62. The molecule has 1 fully saturated rings. The zero-order valence-electron chi connectivity index (χ0n) is 15.0. The van der Waals surface area contributed by atoms with Crippen molar-refractivity contribution in [1.29, 1.82) is 0 Å². The number of anilines is 1. The Kier molecular flexibility index (Phi) is 5.61. The lowest BCUT2D eigenvalue weighted by Gasteiger charge is -2.12. The highest BCUT2D eigenvalue weighted by Crippen LogP contribution is 2.18. The molecule has 2 aromatic carbocycles. The first-order valence-electron chi connectivity index (χ1n) is 8.31. The van der Waals surface area contributed by atoms with Crippen LogP contribution in [0.3, 0.4) is 0 Å². The average molecular weight is 381 g/mol. The van der Waals surface area contributed by atoms with Crippen LogP contribution >= 0.6 is 11.8 Å². The summed E-state index contributed by atoms with van der Waals surface area (Å²) in [5.74, 6) is -0.957. The number of thioether (sulfide) groups is 1. The fraction of sp³-hybridized carbons (Fsp3) is 0.150. The molecule has 1 aliphatic heterocycles. The van der Waals surface area contributed by atoms with Crippen LogP contribution in [0.15, 0.2) is 59.1 Å². The maximum absolute atomic E-state index is 12.5. The van der Waals surface area contributed by atoms with Gasteiger partial charge in [0.05, 0.1) is 0 Å². The predicted molar refractivity (Wildman–Crippen MR) is 106 cm³/mol. The molecule has 1 aliphatic rings. The Morgan fingerprint density at radius 2 is 1.78 bits per heavy atom. The van der Waals surface area contributed by atoms with Crippen LogP contribution < -0.4 is 10.6 Å². The molecule has 0 aromatic heterocycles. The van der Waals surface area contributed by atoms with Crippen molar-refractivity contribution >= 4 is 41.4 Å². The van der Waals surface area contributed by atoms with Gasteiger partial charge >= 0.3 is 6.03 Å². The van der Waals surface area contributed by atoms with Gasteiger partial charge in [-0.2, -0.15) is 0 Å². The van der Waals surface area contributed by atoms with Crippen molar-refractivity contribution in [3.8, 4) is 0 Å². The normalized spacial score (nSPS) is 15.2. The van der Waals surface area contributed by atoms with Gasteiger partial charge in [-0.1, -0.05) is 29.8 Å². The van der Waals surface area contributed by atoms with Gasteiger partial charge in [-0.3, -0.25) is 9.59 Å². The third-order valence-electron chi connectivity index (χ3n) is 4.03. The van der Waals surface area contributed by atoms with Gasteiger partial charge in [0.15, 0.2) is 0 Å². The summed E-state index contributed by atoms with van der Waals surface area (Å²) in [6.07, 6.45) is 3.58. The predicted octanol–water partition coefficient (Wildman–Crippen LogP) is 3.25. The van der Waals surface area contributed by atoms with E-state index < -0.39 is 17.8 Å². The lowest BCUT2D eigenvalue weighted by Crippen LogP contribution is -2.38. The van der Waals surface area contributed by atoms with Crippen molar-refractivity contribution in [1.82, 2.24) is 10.2 Å². The molecule has 138 valence electrons. The molecular weight excluding hydrogens is 362 g/mol. The fourth-order valence-corrected chi connectivity index (χ4v) is 2.97. The summed E-state index contributed by atoms with van der Waals surface area (Å²) in [4.78, 5) is 38.7. The fourth-order valence-electron chi connectivity index (χ4n) is 2.56. The van der Waals surface area contributed by atoms with Crippen molar-refractivity contribution in [2.24, 2.45) is 0 Å². The summed E-state index contributed by atoms with van der Waals surface area (Å²) in [5.41, 5.74) is 2.63. The van der Waals surface area contributed by atoms with Gasteiger partial charge in [-0.05, 0) is 49.1 Å². The van der Waals surface area contributed by atoms with Gasteiger partial charge in [0.1, 0.15) is 12.2 Å². The lowest BCUT2D eigenvalue weighted by molar-refractivity contribution is -0.127. The highest BCUT2D eigenvalue weighted by molar-refractivity contribution is 7.98. The molecule has 2 aromatic rings. The second kappa shape index (κ2) is 8.09. The number of aryl methyl sites for hydroxylation is 1. The van der Waals surface area contributed by atoms with E-state index in [9.17, 15) is 14.4 Å². The maximum Gasteiger partial charge on any atom is 0.329 e. The third-order valence-corrected chi connectivity index (χ3v) is 4.77. The van der Waals surface area contributed by atoms with Crippen LogP contribution in [-0.2, 0) is 9.59 Å². The number of nitrogens with zero attached hydrogens (tertiary/aromatic N) is 1. The van der Waals surface area contributed by atoms with Gasteiger partial charge in [-0.25, -0.2) is 9.69 Å². The van der Waals surface area contributed by atoms with Gasteiger partial charge in [-0.15, -0.1) is 11.8 Å². The Labute approximate surface area is 161 Å². The Hall–Kier alpha value is -3.06. The van der Waals surface area contributed by atoms with Crippen LogP contribution in [0.25, 0.3) is 6.08 Å². The topological polar surface area (TPSA) is 78.5 Å². The highest BCUT2D eigenvalue weighted by atomic mass is 32.2. The molecule has 2 N–H and O–H groups in total. The molecule has 1 heterocycles. The number of carbonyl (C=O) groups is 3. The highest BCUT2D eigenvalue weighted by Gasteiger charge is 2.34. The largest absolute Gasteiger partial charge is 0.329 e. The summed E-state index contributed by atoms with van der Waals surface area (Å²) in [7, 11) is 0. The minimum Gasteiger partial charge on any atom is -0.325 e. The van der Waals surface area contributed by atoms with Crippen LogP contribution in [0.5, 0.6) is 0 Å². The summed E-state index contributed by atoms with van der Waals surface area (Å²) < 4.78 is 0. The average Bonchev–Trinajstić information content (AvgIpc) is 2.91. The smallest absolute Gasteiger partial charge is 0.325 e. The number of urea groups is 1. The van der Waals surface area contributed by atoms with E-state index in [1.807, 2.05) is 49.6 Å². The van der Waals surface area contributed by atoms with E-state index in [4.69, 9.17) is 0 Å². The van der Waals surface area contributed by atoms with Crippen LogP contribution in [0.1, 0.15) is 11.1 Å². The minimum atomic E-state index is -0.606. The Morgan fingerprint density at radius 1 is 1.11 bits per heavy atom. The molecule has 0 aliphatic carbocycles. The zero-order valence-corrected chi connectivity index (χ0v) is 15.8. The van der Waals surface area contributed by atoms with Gasteiger partial charge < -0.3 is 10.6 Å². The van der Waals surface area contributed by atoms with Gasteiger partial charge in [0.25, 0.3) is 5.91 Å². The molecule has 4 amide bonds. The van der Waals surface area contributed by atoms with E-state index in [0.29, 0.717) is 5.69 Å². The quantitative estimate of drug-likeness (QED) is 0.473. The zero-order chi connectivity index (χ0) is 19.4.